The number of nitrogens with one attached hydrogen (secondary N) is 3. The van der Waals surface area contributed by atoms with Gasteiger partial charge < -0.3 is 49.7 Å². The normalized spacial score (nSPS) is 14.1. The predicted molar refractivity (Wildman–Crippen MR) is 218 cm³/mol. The number of nitrogens with zero attached hydrogens (tertiary/aromatic N) is 1. The zero-order valence-corrected chi connectivity index (χ0v) is 30.6. The quantitative estimate of drug-likeness (QED) is 0.0289. The highest BCUT2D eigenvalue weighted by atomic mass is 16.3. The zero-order chi connectivity index (χ0) is 41.3. The molecule has 0 bridgehead atoms. The van der Waals surface area contributed by atoms with Crippen LogP contribution in [0, 0.1) is 13.8 Å². The highest BCUT2D eigenvalue weighted by Crippen LogP contribution is 2.26. The van der Waals surface area contributed by atoms with Crippen molar-refractivity contribution < 1.29 is 24.3 Å². The van der Waals surface area contributed by atoms with Gasteiger partial charge in [0.05, 0.1) is 27.2 Å². The molecule has 22 heteroatoms. The summed E-state index contributed by atoms with van der Waals surface area (Å²) in [6, 6.07) is -0.818. The molecule has 2 rings (SSSR count). The fourth-order valence-corrected chi connectivity index (χ4v) is 5.81. The molecule has 0 heterocycles. The van der Waals surface area contributed by atoms with Gasteiger partial charge in [-0.3, -0.25) is 24.2 Å². The van der Waals surface area contributed by atoms with Crippen LogP contribution >= 0.6 is 0 Å². The number of unbranched alkanes of at least 4 members (excludes halogenated alkanes) is 1. The monoisotopic (exact) mass is 719 g/mol. The van der Waals surface area contributed by atoms with Crippen molar-refractivity contribution in [2.75, 3.05) is 13.1 Å². The van der Waals surface area contributed by atoms with Gasteiger partial charge in [0.2, 0.25) is 23.6 Å². The Bertz CT molecular complexity index is 1710. The summed E-state index contributed by atoms with van der Waals surface area (Å²) in [4.78, 5) is 58.3. The number of carbonyl (C=O) groups is 4. The van der Waals surface area contributed by atoms with E-state index in [1.54, 1.807) is 13.8 Å². The zero-order valence-electron chi connectivity index (χ0n) is 30.6. The van der Waals surface area contributed by atoms with Crippen molar-refractivity contribution in [2.24, 2.45) is 33.7 Å². The van der Waals surface area contributed by atoms with Crippen molar-refractivity contribution >= 4 is 120 Å². The number of hydrogen-bond donors (Lipinski definition) is 9. The predicted octanol–water partition coefficient (Wildman–Crippen LogP) is -8.34. The Hall–Kier alpha value is -4.17. The van der Waals surface area contributed by atoms with Crippen molar-refractivity contribution in [3.63, 3.8) is 0 Å². The van der Waals surface area contributed by atoms with Gasteiger partial charge in [0.25, 0.3) is 0 Å². The molecular weight excluding hydrogens is 677 g/mol. The second-order valence-electron chi connectivity index (χ2n) is 13.2. The minimum absolute atomic E-state index is 0.00156. The number of carbonyl (C=O) groups excluding carboxylic acids is 4. The van der Waals surface area contributed by atoms with Crippen LogP contribution in [0.2, 0.25) is 0 Å². The van der Waals surface area contributed by atoms with Gasteiger partial charge in [-0.2, -0.15) is 0 Å². The smallest absolute Gasteiger partial charge is 0.243 e. The molecule has 54 heavy (non-hydrogen) atoms. The van der Waals surface area contributed by atoms with Gasteiger partial charge in [-0.15, -0.1) is 27.3 Å². The van der Waals surface area contributed by atoms with Gasteiger partial charge in [-0.05, 0) is 81.3 Å². The second kappa shape index (κ2) is 19.4. The molecule has 0 aliphatic rings. The lowest BCUT2D eigenvalue weighted by molar-refractivity contribution is -0.134. The van der Waals surface area contributed by atoms with Crippen LogP contribution in [0.15, 0.2) is 17.1 Å². The van der Waals surface area contributed by atoms with Crippen LogP contribution < -0.4 is 71.9 Å². The van der Waals surface area contributed by atoms with E-state index in [2.05, 4.69) is 20.9 Å². The standard InChI is InChI=1S/C32H41B8N9O5/c1-13-10-15(50)11-14(2)16(13)12-19(48-26(51)17(42)6-5-9-46-30(44)45)27(52)47-18(7-3-4-8-41)28(53)49-32(40,29(43)54)31(38,39)20-21(33)23(35)25(37)24(36)22(20)34/h10-11,17-19,50H,3-9,12,41-42H2,1-2H3,(H2,43,54)(H,47,52)(H,48,51)(H,49,53)(H4,44,45,46)/t17-,18+,19+,32-/m1/s1. The third-order valence-electron chi connectivity index (χ3n) is 9.08. The Kier molecular flexibility index (Phi) is 16.5. The number of guanidine groups is 1. The second-order valence-corrected chi connectivity index (χ2v) is 13.2. The molecule has 0 spiro atoms. The number of phenolic OH excluding ortho intramolecular Hbond substituents is 1. The first-order chi connectivity index (χ1) is 25.0. The molecule has 0 aliphatic carbocycles. The van der Waals surface area contributed by atoms with Gasteiger partial charge in [-0.25, -0.2) is 0 Å². The third-order valence-corrected chi connectivity index (χ3v) is 9.08. The largest absolute Gasteiger partial charge is 0.508 e. The van der Waals surface area contributed by atoms with Gasteiger partial charge >= 0.3 is 0 Å². The van der Waals surface area contributed by atoms with Crippen molar-refractivity contribution in [1.29, 1.82) is 0 Å². The number of rotatable bonds is 19. The summed E-state index contributed by atoms with van der Waals surface area (Å²) in [6.07, 6.45) is 1.14. The summed E-state index contributed by atoms with van der Waals surface area (Å²) in [5.74, 6) is -4.11. The van der Waals surface area contributed by atoms with E-state index in [-0.39, 0.29) is 71.4 Å². The molecule has 0 saturated carbocycles. The number of nitrogens with two attached hydrogens (primary N) is 5. The van der Waals surface area contributed by atoms with Crippen molar-refractivity contribution in [3.8, 4) is 5.75 Å². The lowest BCUT2D eigenvalue weighted by Crippen LogP contribution is -2.75. The molecule has 0 fully saturated rings. The van der Waals surface area contributed by atoms with Gasteiger partial charge in [0, 0.05) is 13.0 Å². The molecule has 2 aromatic rings. The van der Waals surface area contributed by atoms with E-state index >= 15 is 0 Å². The molecule has 268 valence electrons. The number of aryl methyl sites for hydroxylation is 2. The van der Waals surface area contributed by atoms with Crippen molar-refractivity contribution in [1.82, 2.24) is 16.0 Å². The maximum atomic E-state index is 14.1. The molecule has 16 radical (unpaired) electrons. The lowest BCUT2D eigenvalue weighted by Gasteiger charge is -2.48. The molecule has 0 aromatic heterocycles. The molecule has 4 atom stereocenters. The number of benzene rings is 2. The van der Waals surface area contributed by atoms with Gasteiger partial charge in [0.1, 0.15) is 64.9 Å². The average Bonchev–Trinajstić information content (AvgIpc) is 3.08. The molecule has 14 N–H and O–H groups in total. The topological polar surface area (TPSA) is 267 Å². The number of amides is 4. The van der Waals surface area contributed by atoms with E-state index in [4.69, 9.17) is 91.4 Å². The molecule has 4 amide bonds. The summed E-state index contributed by atoms with van der Waals surface area (Å²) in [7, 11) is 49.4. The molecule has 0 saturated heterocycles. The summed E-state index contributed by atoms with van der Waals surface area (Å²) in [5.41, 5.74) is 25.3. The third kappa shape index (κ3) is 11.0. The number of hydrogen-bond acceptors (Lipinski definition) is 8. The van der Waals surface area contributed by atoms with E-state index in [1.807, 2.05) is 0 Å². The first kappa shape index (κ1) is 46.0. The fraction of sp³-hybridized carbons (Fsp3) is 0.469. The van der Waals surface area contributed by atoms with Crippen LogP contribution in [-0.4, -0.2) is 134 Å². The first-order valence-electron chi connectivity index (χ1n) is 16.9. The maximum Gasteiger partial charge on any atom is 0.243 e. The molecule has 0 unspecified atom stereocenters. The summed E-state index contributed by atoms with van der Waals surface area (Å²) < 4.78 is 0. The van der Waals surface area contributed by atoms with Crippen LogP contribution in [0.4, 0.5) is 0 Å². The number of primary amides is 1. The Morgan fingerprint density at radius 2 is 1.30 bits per heavy atom. The van der Waals surface area contributed by atoms with Crippen molar-refractivity contribution in [3.05, 3.63) is 34.4 Å². The van der Waals surface area contributed by atoms with Gasteiger partial charge in [0.15, 0.2) is 5.96 Å². The van der Waals surface area contributed by atoms with E-state index in [0.717, 1.165) is 0 Å². The van der Waals surface area contributed by atoms with Crippen LogP contribution in [0.25, 0.3) is 0 Å². The molecule has 2 aromatic carbocycles. The Balaban J connectivity index is 2.55. The summed E-state index contributed by atoms with van der Waals surface area (Å²) in [5, 5.41) is 15.0. The Morgan fingerprint density at radius 1 is 0.778 bits per heavy atom. The van der Waals surface area contributed by atoms with Crippen LogP contribution in [0.5, 0.6) is 5.75 Å². The average molecular weight is 718 g/mol. The van der Waals surface area contributed by atoms with Gasteiger partial charge in [-0.1, -0.05) is 10.8 Å². The maximum absolute atomic E-state index is 14.1. The number of aliphatic imine (C=N–C) groups is 1. The Labute approximate surface area is 327 Å². The molecule has 0 aliphatic heterocycles. The minimum Gasteiger partial charge on any atom is -0.508 e. The SMILES string of the molecule is [B]c1c([B])c([B])c(C([B])([B])[C@]([B])(NC(=O)[C@H](CCCCN)NC(=O)[C@H](Cc2c(C)cc(O)cc2C)NC(=O)[C@H](N)CCCN=C(N)N)C(N)=O)c([B])c1[B]. The highest BCUT2D eigenvalue weighted by Gasteiger charge is 2.48. The Morgan fingerprint density at radius 3 is 1.80 bits per heavy atom. The van der Waals surface area contributed by atoms with Crippen molar-refractivity contribution in [2.45, 2.75) is 81.1 Å². The van der Waals surface area contributed by atoms with Crippen LogP contribution in [-0.2, 0) is 30.8 Å². The lowest BCUT2D eigenvalue weighted by atomic mass is 9.34. The summed E-state index contributed by atoms with van der Waals surface area (Å²) >= 11 is 0. The summed E-state index contributed by atoms with van der Waals surface area (Å²) in [6.45, 7) is 3.90. The van der Waals surface area contributed by atoms with E-state index < -0.39 is 58.0 Å². The van der Waals surface area contributed by atoms with E-state index in [9.17, 15) is 24.3 Å². The number of phenols is 1. The molecule has 14 nitrogen and oxygen atoms in total. The minimum atomic E-state index is -2.85. The molecular formula is C32H41B8N9O5. The first-order valence-corrected chi connectivity index (χ1v) is 16.9. The van der Waals surface area contributed by atoms with E-state index in [0.29, 0.717) is 36.0 Å². The van der Waals surface area contributed by atoms with Crippen LogP contribution in [0.1, 0.15) is 54.4 Å². The highest BCUT2D eigenvalue weighted by molar-refractivity contribution is 6.68. The fourth-order valence-electron chi connectivity index (χ4n) is 5.81. The van der Waals surface area contributed by atoms with Crippen LogP contribution in [0.3, 0.4) is 0 Å². The number of aromatic hydroxyl groups is 1. The van der Waals surface area contributed by atoms with E-state index in [1.165, 1.54) is 12.1 Å².